The van der Waals surface area contributed by atoms with E-state index in [1.165, 1.54) is 0 Å². The molecule has 8 nitrogen and oxygen atoms in total. The van der Waals surface area contributed by atoms with Gasteiger partial charge in [0.15, 0.2) is 0 Å². The van der Waals surface area contributed by atoms with Gasteiger partial charge in [-0.2, -0.15) is 0 Å². The zero-order valence-corrected chi connectivity index (χ0v) is 26.5. The van der Waals surface area contributed by atoms with Gasteiger partial charge in [0.2, 0.25) is 0 Å². The molecule has 2 aromatic carbocycles. The van der Waals surface area contributed by atoms with E-state index in [0.29, 0.717) is 24.6 Å². The lowest BCUT2D eigenvalue weighted by molar-refractivity contribution is -0.196. The number of nitrogens with zero attached hydrogens (tertiary/aromatic N) is 2. The van der Waals surface area contributed by atoms with E-state index in [2.05, 4.69) is 22.8 Å². The number of hydrogen-bond donors (Lipinski definition) is 0. The lowest BCUT2D eigenvalue weighted by atomic mass is 9.86. The van der Waals surface area contributed by atoms with E-state index in [1.807, 2.05) is 72.7 Å². The molecule has 42 heavy (non-hydrogen) atoms. The Balaban J connectivity index is 1.31. The van der Waals surface area contributed by atoms with Crippen LogP contribution in [0.4, 0.5) is 0 Å². The minimum absolute atomic E-state index is 0.0690. The van der Waals surface area contributed by atoms with Crippen molar-refractivity contribution in [2.24, 2.45) is 0 Å². The molecule has 2 heterocycles. The van der Waals surface area contributed by atoms with Crippen LogP contribution in [0, 0.1) is 27.7 Å². The fourth-order valence-electron chi connectivity index (χ4n) is 6.99. The van der Waals surface area contributed by atoms with Gasteiger partial charge in [0.25, 0.3) is 0 Å². The third-order valence-corrected chi connectivity index (χ3v) is 8.64. The molecule has 0 N–H and O–H groups in total. The first kappa shape index (κ1) is 30.7. The van der Waals surface area contributed by atoms with Crippen LogP contribution >= 0.6 is 0 Å². The predicted octanol–water partition coefficient (Wildman–Crippen LogP) is 5.01. The quantitative estimate of drug-likeness (QED) is 0.335. The third kappa shape index (κ3) is 6.72. The van der Waals surface area contributed by atoms with E-state index in [1.54, 1.807) is 0 Å². The maximum absolute atomic E-state index is 13.2. The molecule has 0 radical (unpaired) electrons. The van der Waals surface area contributed by atoms with Gasteiger partial charge in [0.05, 0.1) is 30.4 Å². The van der Waals surface area contributed by atoms with Crippen LogP contribution < -0.4 is 9.47 Å². The number of carbonyl (C=O) groups excluding carboxylic acids is 2. The molecule has 3 aliphatic rings. The van der Waals surface area contributed by atoms with Gasteiger partial charge in [-0.25, -0.2) is 0 Å². The van der Waals surface area contributed by atoms with Crippen LogP contribution in [0.3, 0.4) is 0 Å². The van der Waals surface area contributed by atoms with E-state index in [9.17, 15) is 9.59 Å². The lowest BCUT2D eigenvalue weighted by Gasteiger charge is -2.49. The molecular formula is C34H46N2O6. The van der Waals surface area contributed by atoms with Crippen molar-refractivity contribution in [3.8, 4) is 11.5 Å². The first-order chi connectivity index (χ1) is 19.7. The lowest BCUT2D eigenvalue weighted by Crippen LogP contribution is -2.58. The van der Waals surface area contributed by atoms with Crippen LogP contribution in [0.1, 0.15) is 68.4 Å². The summed E-state index contributed by atoms with van der Waals surface area (Å²) in [4.78, 5) is 30.5. The molecular weight excluding hydrogens is 532 g/mol. The number of para-hydroxylation sites is 1. The molecule has 5 rings (SSSR count). The average Bonchev–Trinajstić information content (AvgIpc) is 3.59. The molecule has 1 aliphatic carbocycles. The number of aryl methyl sites for hydroxylation is 3. The van der Waals surface area contributed by atoms with Crippen LogP contribution in [0.2, 0.25) is 0 Å². The van der Waals surface area contributed by atoms with Crippen LogP contribution in [0.15, 0.2) is 30.3 Å². The summed E-state index contributed by atoms with van der Waals surface area (Å²) in [5, 5.41) is 0. The first-order valence-electron chi connectivity index (χ1n) is 15.1. The second-order valence-corrected chi connectivity index (χ2v) is 13.6. The first-order valence-corrected chi connectivity index (χ1v) is 15.1. The van der Waals surface area contributed by atoms with Crippen LogP contribution in [-0.2, 0) is 24.7 Å². The molecule has 1 saturated carbocycles. The Hall–Kier alpha value is -2.78. The van der Waals surface area contributed by atoms with Crippen molar-refractivity contribution in [2.75, 3.05) is 39.3 Å². The van der Waals surface area contributed by atoms with Crippen molar-refractivity contribution in [1.82, 2.24) is 9.80 Å². The van der Waals surface area contributed by atoms with Crippen molar-refractivity contribution < 1.29 is 28.5 Å². The van der Waals surface area contributed by atoms with Gasteiger partial charge in [-0.3, -0.25) is 19.4 Å². The van der Waals surface area contributed by atoms with Gasteiger partial charge in [-0.05, 0) is 96.0 Å². The number of benzene rings is 2. The van der Waals surface area contributed by atoms with Crippen molar-refractivity contribution >= 4 is 11.9 Å². The number of esters is 2. The van der Waals surface area contributed by atoms with Crippen LogP contribution in [-0.4, -0.2) is 78.3 Å². The highest BCUT2D eigenvalue weighted by molar-refractivity contribution is 5.76. The molecule has 3 fully saturated rings. The van der Waals surface area contributed by atoms with Crippen molar-refractivity contribution in [3.05, 3.63) is 58.1 Å². The molecule has 2 aromatic rings. The van der Waals surface area contributed by atoms with Gasteiger partial charge in [0.1, 0.15) is 17.1 Å². The largest absolute Gasteiger partial charge is 0.425 e. The second kappa shape index (κ2) is 11.4. The minimum Gasteiger partial charge on any atom is -0.425 e. The fourth-order valence-corrected chi connectivity index (χ4v) is 6.99. The summed E-state index contributed by atoms with van der Waals surface area (Å²) in [6.45, 7) is 18.9. The molecule has 228 valence electrons. The number of rotatable bonds is 7. The summed E-state index contributed by atoms with van der Waals surface area (Å²) in [5.41, 5.74) is 3.24. The van der Waals surface area contributed by atoms with Crippen LogP contribution in [0.25, 0.3) is 0 Å². The predicted molar refractivity (Wildman–Crippen MR) is 161 cm³/mol. The van der Waals surface area contributed by atoms with Crippen molar-refractivity contribution in [1.29, 1.82) is 0 Å². The highest BCUT2D eigenvalue weighted by atomic mass is 16.5. The van der Waals surface area contributed by atoms with E-state index >= 15 is 0 Å². The summed E-state index contributed by atoms with van der Waals surface area (Å²) in [7, 11) is 0. The minimum atomic E-state index is -0.739. The van der Waals surface area contributed by atoms with Crippen LogP contribution in [0.5, 0.6) is 11.5 Å². The molecule has 0 aromatic heterocycles. The van der Waals surface area contributed by atoms with Crippen molar-refractivity contribution in [2.45, 2.75) is 91.1 Å². The van der Waals surface area contributed by atoms with Gasteiger partial charge < -0.3 is 18.9 Å². The Bertz CT molecular complexity index is 1350. The Morgan fingerprint density at radius 3 is 2.07 bits per heavy atom. The fraction of sp³-hybridized carbons (Fsp3) is 0.588. The molecule has 2 saturated heterocycles. The Morgan fingerprint density at radius 2 is 1.43 bits per heavy atom. The van der Waals surface area contributed by atoms with E-state index in [0.717, 1.165) is 53.7 Å². The Kier molecular flexibility index (Phi) is 8.31. The molecule has 2 aliphatic heterocycles. The maximum atomic E-state index is 13.2. The summed E-state index contributed by atoms with van der Waals surface area (Å²) in [6, 6.07) is 9.88. The second-order valence-electron chi connectivity index (χ2n) is 13.6. The smallest absolute Gasteiger partial charge is 0.325 e. The summed E-state index contributed by atoms with van der Waals surface area (Å²) < 4.78 is 24.7. The third-order valence-electron chi connectivity index (χ3n) is 8.64. The standard InChI is InChI=1S/C34H46N2O6/c1-22-10-9-11-23(2)30(22)39-29(38)18-36-19-32(6,7)42-33(8,20-36)27-13-12-24(3)31(26(27)5)40-28(37)17-35-16-25(4)41-34(21-35)14-15-34/h9-13,25H,14-21H2,1-8H3. The van der Waals surface area contributed by atoms with E-state index < -0.39 is 11.2 Å². The molecule has 2 atom stereocenters. The zero-order chi connectivity index (χ0) is 30.4. The Labute approximate surface area is 250 Å². The SMILES string of the molecule is Cc1cccc(C)c1OC(=O)CN1CC(C)(C)OC(C)(c2ccc(C)c(OC(=O)CN3CC(C)OC4(CC4)C3)c2C)C1. The van der Waals surface area contributed by atoms with Gasteiger partial charge in [-0.1, -0.05) is 30.3 Å². The number of hydrogen-bond acceptors (Lipinski definition) is 8. The monoisotopic (exact) mass is 578 g/mol. The Morgan fingerprint density at radius 1 is 0.833 bits per heavy atom. The number of ether oxygens (including phenoxy) is 4. The molecule has 0 bridgehead atoms. The van der Waals surface area contributed by atoms with Gasteiger partial charge >= 0.3 is 11.9 Å². The highest BCUT2D eigenvalue weighted by Gasteiger charge is 2.49. The summed E-state index contributed by atoms with van der Waals surface area (Å²) in [5.74, 6) is 0.633. The van der Waals surface area contributed by atoms with E-state index in [-0.39, 0.29) is 36.7 Å². The molecule has 1 spiro atoms. The average molecular weight is 579 g/mol. The van der Waals surface area contributed by atoms with E-state index in [4.69, 9.17) is 18.9 Å². The van der Waals surface area contributed by atoms with Crippen molar-refractivity contribution in [3.63, 3.8) is 0 Å². The number of morpholine rings is 2. The number of carbonyl (C=O) groups is 2. The summed E-state index contributed by atoms with van der Waals surface area (Å²) in [6.07, 6.45) is 2.21. The molecule has 2 unspecified atom stereocenters. The maximum Gasteiger partial charge on any atom is 0.325 e. The molecule has 8 heteroatoms. The summed E-state index contributed by atoms with van der Waals surface area (Å²) >= 11 is 0. The van der Waals surface area contributed by atoms with Gasteiger partial charge in [0, 0.05) is 26.2 Å². The highest BCUT2D eigenvalue weighted by Crippen LogP contribution is 2.44. The van der Waals surface area contributed by atoms with Gasteiger partial charge in [-0.15, -0.1) is 0 Å². The zero-order valence-electron chi connectivity index (χ0n) is 26.5. The normalized spacial score (nSPS) is 25.3. The topological polar surface area (TPSA) is 77.5 Å². The molecule has 0 amide bonds.